The van der Waals surface area contributed by atoms with E-state index in [1.54, 1.807) is 0 Å². The number of hydrogen-bond acceptors (Lipinski definition) is 2. The minimum absolute atomic E-state index is 0.325. The molecule has 0 aromatic carbocycles. The zero-order chi connectivity index (χ0) is 10.6. The summed E-state index contributed by atoms with van der Waals surface area (Å²) < 4.78 is 8.87. The number of hydrogen-bond donors (Lipinski definition) is 0. The highest BCUT2D eigenvalue weighted by Gasteiger charge is 2.08. The van der Waals surface area contributed by atoms with Gasteiger partial charge in [-0.15, -0.1) is 0 Å². The summed E-state index contributed by atoms with van der Waals surface area (Å²) in [6.07, 6.45) is 3.27. The van der Waals surface area contributed by atoms with Gasteiger partial charge < -0.3 is 4.74 Å². The summed E-state index contributed by atoms with van der Waals surface area (Å²) in [5.74, 6) is 0. The highest BCUT2D eigenvalue weighted by Crippen LogP contribution is 2.13. The van der Waals surface area contributed by atoms with E-state index >= 15 is 0 Å². The van der Waals surface area contributed by atoms with Crippen LogP contribution in [0.25, 0.3) is 0 Å². The molecule has 0 unspecified atom stereocenters. The molecule has 0 aliphatic heterocycles. The lowest BCUT2D eigenvalue weighted by atomic mass is 10.3. The average Bonchev–Trinajstić information content (AvgIpc) is 2.55. The van der Waals surface area contributed by atoms with Crippen molar-refractivity contribution >= 4 is 22.6 Å². The normalized spacial score (nSPS) is 13.1. The van der Waals surface area contributed by atoms with Gasteiger partial charge in [0.1, 0.15) is 0 Å². The molecule has 0 saturated heterocycles. The summed E-state index contributed by atoms with van der Waals surface area (Å²) in [5.41, 5.74) is 1.19. The molecular formula is C10H17IN2O. The maximum absolute atomic E-state index is 5.69. The summed E-state index contributed by atoms with van der Waals surface area (Å²) >= 11 is 2.30. The predicted octanol–water partition coefficient (Wildman–Crippen LogP) is 2.82. The van der Waals surface area contributed by atoms with E-state index < -0.39 is 0 Å². The molecule has 1 heterocycles. The van der Waals surface area contributed by atoms with Gasteiger partial charge in [0.15, 0.2) is 0 Å². The lowest BCUT2D eigenvalue weighted by molar-refractivity contribution is 0.0463. The number of rotatable bonds is 5. The molecule has 0 aliphatic carbocycles. The monoisotopic (exact) mass is 308 g/mol. The van der Waals surface area contributed by atoms with Crippen LogP contribution in [0.2, 0.25) is 0 Å². The predicted molar refractivity (Wildman–Crippen MR) is 65.2 cm³/mol. The van der Waals surface area contributed by atoms with Crippen LogP contribution in [-0.2, 0) is 17.9 Å². The van der Waals surface area contributed by atoms with Crippen molar-refractivity contribution in [2.24, 2.45) is 0 Å². The number of nitrogens with zero attached hydrogens (tertiary/aromatic N) is 2. The maximum atomic E-state index is 5.69. The van der Waals surface area contributed by atoms with Crippen LogP contribution in [0.5, 0.6) is 0 Å². The molecule has 0 bridgehead atoms. The molecule has 0 radical (unpaired) electrons. The highest BCUT2D eigenvalue weighted by atomic mass is 127. The van der Waals surface area contributed by atoms with Crippen LogP contribution < -0.4 is 0 Å². The summed E-state index contributed by atoms with van der Waals surface area (Å²) in [4.78, 5) is 0. The summed E-state index contributed by atoms with van der Waals surface area (Å²) in [6.45, 7) is 7.89. The van der Waals surface area contributed by atoms with E-state index in [2.05, 4.69) is 48.5 Å². The molecular weight excluding hydrogens is 291 g/mol. The molecule has 4 heteroatoms. The van der Waals surface area contributed by atoms with E-state index in [0.717, 1.165) is 13.0 Å². The number of aromatic nitrogens is 2. The minimum Gasteiger partial charge on any atom is -0.372 e. The summed E-state index contributed by atoms with van der Waals surface area (Å²) in [5, 5.41) is 4.27. The largest absolute Gasteiger partial charge is 0.372 e. The van der Waals surface area contributed by atoms with Gasteiger partial charge in [0.05, 0.1) is 28.2 Å². The first-order valence-corrected chi connectivity index (χ1v) is 6.08. The molecule has 1 rings (SSSR count). The van der Waals surface area contributed by atoms with E-state index in [-0.39, 0.29) is 0 Å². The van der Waals surface area contributed by atoms with Gasteiger partial charge in [0.25, 0.3) is 0 Å². The third-order valence-corrected chi connectivity index (χ3v) is 3.18. The van der Waals surface area contributed by atoms with Gasteiger partial charge in [-0.1, -0.05) is 6.92 Å². The van der Waals surface area contributed by atoms with Gasteiger partial charge in [-0.05, 0) is 42.9 Å². The van der Waals surface area contributed by atoms with Crippen molar-refractivity contribution in [2.75, 3.05) is 0 Å². The van der Waals surface area contributed by atoms with Gasteiger partial charge in [-0.3, -0.25) is 4.68 Å². The van der Waals surface area contributed by atoms with Crippen molar-refractivity contribution < 1.29 is 4.74 Å². The van der Waals surface area contributed by atoms with Crippen LogP contribution in [0, 0.1) is 3.57 Å². The maximum Gasteiger partial charge on any atom is 0.0899 e. The van der Waals surface area contributed by atoms with Crippen LogP contribution in [0.4, 0.5) is 0 Å². The smallest absolute Gasteiger partial charge is 0.0899 e. The van der Waals surface area contributed by atoms with E-state index in [4.69, 9.17) is 4.74 Å². The second-order valence-corrected chi connectivity index (χ2v) is 4.45. The Bertz CT molecular complexity index is 286. The molecule has 0 amide bonds. The molecule has 80 valence electrons. The molecule has 1 aromatic rings. The molecule has 0 N–H and O–H groups in total. The molecule has 0 saturated carbocycles. The van der Waals surface area contributed by atoms with Gasteiger partial charge in [-0.2, -0.15) is 5.10 Å². The van der Waals surface area contributed by atoms with Crippen molar-refractivity contribution in [1.29, 1.82) is 0 Å². The van der Waals surface area contributed by atoms with Crippen molar-refractivity contribution in [3.8, 4) is 0 Å². The molecule has 0 fully saturated rings. The number of ether oxygens (including phenoxy) is 1. The Balaban J connectivity index is 2.60. The second-order valence-electron chi connectivity index (χ2n) is 3.28. The van der Waals surface area contributed by atoms with Gasteiger partial charge >= 0.3 is 0 Å². The van der Waals surface area contributed by atoms with Gasteiger partial charge in [0, 0.05) is 6.54 Å². The molecule has 0 spiro atoms. The molecule has 14 heavy (non-hydrogen) atoms. The van der Waals surface area contributed by atoms with Gasteiger partial charge in [0.2, 0.25) is 0 Å². The van der Waals surface area contributed by atoms with Crippen LogP contribution in [0.15, 0.2) is 6.20 Å². The number of halogens is 1. The Hall–Kier alpha value is -0.100. The second kappa shape index (κ2) is 5.70. The highest BCUT2D eigenvalue weighted by molar-refractivity contribution is 14.1. The molecule has 1 atom stereocenters. The molecule has 0 aliphatic rings. The quantitative estimate of drug-likeness (QED) is 0.782. The first-order valence-electron chi connectivity index (χ1n) is 5.00. The molecule has 1 aromatic heterocycles. The van der Waals surface area contributed by atoms with Crippen molar-refractivity contribution in [1.82, 2.24) is 9.78 Å². The zero-order valence-electron chi connectivity index (χ0n) is 8.96. The number of aryl methyl sites for hydroxylation is 1. The Kier molecular flexibility index (Phi) is 4.88. The Morgan fingerprint density at radius 3 is 2.86 bits per heavy atom. The first kappa shape index (κ1) is 12.0. The van der Waals surface area contributed by atoms with Crippen LogP contribution >= 0.6 is 22.6 Å². The Morgan fingerprint density at radius 2 is 2.29 bits per heavy atom. The first-order chi connectivity index (χ1) is 6.69. The lowest BCUT2D eigenvalue weighted by Gasteiger charge is -2.11. The Morgan fingerprint density at radius 1 is 1.57 bits per heavy atom. The van der Waals surface area contributed by atoms with Crippen LogP contribution in [0.3, 0.4) is 0 Å². The van der Waals surface area contributed by atoms with E-state index in [1.807, 2.05) is 10.9 Å². The van der Waals surface area contributed by atoms with Crippen LogP contribution in [-0.4, -0.2) is 15.9 Å². The van der Waals surface area contributed by atoms with Gasteiger partial charge in [-0.25, -0.2) is 0 Å². The van der Waals surface area contributed by atoms with Crippen LogP contribution in [0.1, 0.15) is 32.9 Å². The standard InChI is InChI=1S/C10H17IN2O/c1-4-8(3)14-7-10-9(11)6-12-13(10)5-2/h6,8H,4-5,7H2,1-3H3/t8-/m0/s1. The fourth-order valence-electron chi connectivity index (χ4n) is 1.14. The van der Waals surface area contributed by atoms with E-state index in [9.17, 15) is 0 Å². The Labute approximate surface area is 99.0 Å². The summed E-state index contributed by atoms with van der Waals surface area (Å²) in [6, 6.07) is 0. The third-order valence-electron chi connectivity index (χ3n) is 2.28. The average molecular weight is 308 g/mol. The van der Waals surface area contributed by atoms with E-state index in [1.165, 1.54) is 9.26 Å². The summed E-state index contributed by atoms with van der Waals surface area (Å²) in [7, 11) is 0. The SMILES string of the molecule is CC[C@H](C)OCc1c(I)cnn1CC. The third kappa shape index (κ3) is 2.95. The van der Waals surface area contributed by atoms with E-state index in [0.29, 0.717) is 12.7 Å². The fourth-order valence-corrected chi connectivity index (χ4v) is 1.70. The van der Waals surface area contributed by atoms with Crippen molar-refractivity contribution in [2.45, 2.75) is 46.4 Å². The molecule has 3 nitrogen and oxygen atoms in total. The van der Waals surface area contributed by atoms with Crippen molar-refractivity contribution in [3.05, 3.63) is 15.5 Å². The zero-order valence-corrected chi connectivity index (χ0v) is 11.1. The fraction of sp³-hybridized carbons (Fsp3) is 0.700. The van der Waals surface area contributed by atoms with Crippen molar-refractivity contribution in [3.63, 3.8) is 0 Å². The lowest BCUT2D eigenvalue weighted by Crippen LogP contribution is -2.11. The topological polar surface area (TPSA) is 27.1 Å². The minimum atomic E-state index is 0.325.